The van der Waals surface area contributed by atoms with Gasteiger partial charge in [0, 0.05) is 17.0 Å². The lowest BCUT2D eigenvalue weighted by Gasteiger charge is -2.41. The van der Waals surface area contributed by atoms with Gasteiger partial charge in [-0.05, 0) is 50.6 Å². The third kappa shape index (κ3) is 2.95. The average molecular weight is 292 g/mol. The van der Waals surface area contributed by atoms with Gasteiger partial charge < -0.3 is 11.1 Å². The number of thioether (sulfide) groups is 1. The van der Waals surface area contributed by atoms with Crippen LogP contribution in [0.3, 0.4) is 0 Å². The smallest absolute Gasteiger partial charge is 0.230 e. The number of nitrogens with two attached hydrogens (primary N) is 1. The minimum Gasteiger partial charge on any atom is -0.399 e. The van der Waals surface area contributed by atoms with Crippen molar-refractivity contribution < 1.29 is 4.79 Å². The highest BCUT2D eigenvalue weighted by molar-refractivity contribution is 8.00. The molecule has 0 aromatic heterocycles. The summed E-state index contributed by atoms with van der Waals surface area (Å²) in [5.74, 6) is 0.0857. The zero-order valence-electron chi connectivity index (χ0n) is 12.5. The Morgan fingerprint density at radius 1 is 1.35 bits per heavy atom. The van der Waals surface area contributed by atoms with E-state index in [9.17, 15) is 4.79 Å². The molecule has 2 rings (SSSR count). The fraction of sp³-hybridized carbons (Fsp3) is 0.562. The molecule has 0 spiro atoms. The van der Waals surface area contributed by atoms with Crippen molar-refractivity contribution in [3.63, 3.8) is 0 Å². The Kier molecular flexibility index (Phi) is 4.33. The molecular formula is C16H24N2OS. The lowest BCUT2D eigenvalue weighted by atomic mass is 9.81. The van der Waals surface area contributed by atoms with Crippen LogP contribution in [-0.4, -0.2) is 23.5 Å². The lowest BCUT2D eigenvalue weighted by Crippen LogP contribution is -2.49. The van der Waals surface area contributed by atoms with Gasteiger partial charge in [0.05, 0.1) is 5.41 Å². The summed E-state index contributed by atoms with van der Waals surface area (Å²) >= 11 is 1.88. The van der Waals surface area contributed by atoms with Gasteiger partial charge in [0.2, 0.25) is 5.91 Å². The predicted octanol–water partition coefficient (Wildman–Crippen LogP) is 2.95. The summed E-state index contributed by atoms with van der Waals surface area (Å²) in [6, 6.07) is 7.56. The molecule has 1 fully saturated rings. The van der Waals surface area contributed by atoms with Gasteiger partial charge in [0.1, 0.15) is 0 Å². The number of carbonyl (C=O) groups excluding carboxylic acids is 1. The van der Waals surface area contributed by atoms with E-state index in [1.54, 1.807) is 0 Å². The number of hydrogen-bond donors (Lipinski definition) is 2. The summed E-state index contributed by atoms with van der Waals surface area (Å²) < 4.78 is 0.271. The van der Waals surface area contributed by atoms with Gasteiger partial charge in [0.15, 0.2) is 0 Å². The molecule has 1 aliphatic carbocycles. The number of anilines is 1. The monoisotopic (exact) mass is 292 g/mol. The van der Waals surface area contributed by atoms with E-state index in [1.165, 1.54) is 19.3 Å². The average Bonchev–Trinajstić information content (AvgIpc) is 2.38. The summed E-state index contributed by atoms with van der Waals surface area (Å²) in [5.41, 5.74) is 6.89. The van der Waals surface area contributed by atoms with Crippen LogP contribution in [0.4, 0.5) is 5.69 Å². The van der Waals surface area contributed by atoms with Gasteiger partial charge in [-0.3, -0.25) is 4.79 Å². The summed E-state index contributed by atoms with van der Waals surface area (Å²) in [4.78, 5) is 12.5. The standard InChI is InChI=1S/C16H24N2OS/c1-15(2,12-5-7-13(17)8-6-12)14(19)18-11-16(20-3)9-4-10-16/h5-8H,4,9-11,17H2,1-3H3,(H,18,19). The Morgan fingerprint density at radius 2 is 1.95 bits per heavy atom. The summed E-state index contributed by atoms with van der Waals surface area (Å²) in [6.45, 7) is 4.69. The molecule has 1 amide bonds. The van der Waals surface area contributed by atoms with Crippen LogP contribution in [0.15, 0.2) is 24.3 Å². The van der Waals surface area contributed by atoms with E-state index in [2.05, 4.69) is 11.6 Å². The van der Waals surface area contributed by atoms with Crippen LogP contribution in [0.25, 0.3) is 0 Å². The SMILES string of the molecule is CSC1(CNC(=O)C(C)(C)c2ccc(N)cc2)CCC1. The second-order valence-electron chi connectivity index (χ2n) is 6.17. The molecule has 0 atom stereocenters. The molecule has 0 heterocycles. The summed E-state index contributed by atoms with van der Waals surface area (Å²) in [7, 11) is 0. The maximum Gasteiger partial charge on any atom is 0.230 e. The number of rotatable bonds is 5. The molecule has 20 heavy (non-hydrogen) atoms. The number of hydrogen-bond acceptors (Lipinski definition) is 3. The first-order valence-corrected chi connectivity index (χ1v) is 8.32. The number of nitrogen functional groups attached to an aromatic ring is 1. The van der Waals surface area contributed by atoms with Crippen molar-refractivity contribution in [1.29, 1.82) is 0 Å². The van der Waals surface area contributed by atoms with E-state index in [-0.39, 0.29) is 10.7 Å². The molecule has 1 aliphatic rings. The Balaban J connectivity index is 2.01. The largest absolute Gasteiger partial charge is 0.399 e. The van der Waals surface area contributed by atoms with E-state index < -0.39 is 5.41 Å². The minimum absolute atomic E-state index is 0.0857. The molecular weight excluding hydrogens is 268 g/mol. The highest BCUT2D eigenvalue weighted by Gasteiger charge is 2.38. The molecule has 4 heteroatoms. The zero-order chi connectivity index (χ0) is 14.8. The molecule has 0 unspecified atom stereocenters. The van der Waals surface area contributed by atoms with Gasteiger partial charge in [-0.15, -0.1) is 0 Å². The molecule has 1 aromatic carbocycles. The van der Waals surface area contributed by atoms with Crippen LogP contribution in [0.2, 0.25) is 0 Å². The summed E-state index contributed by atoms with van der Waals surface area (Å²) in [6.07, 6.45) is 5.82. The fourth-order valence-corrected chi connectivity index (χ4v) is 3.43. The Morgan fingerprint density at radius 3 is 2.40 bits per heavy atom. The fourth-order valence-electron chi connectivity index (χ4n) is 2.52. The van der Waals surface area contributed by atoms with E-state index in [4.69, 9.17) is 5.73 Å². The van der Waals surface area contributed by atoms with Gasteiger partial charge >= 0.3 is 0 Å². The highest BCUT2D eigenvalue weighted by Crippen LogP contribution is 2.42. The second-order valence-corrected chi connectivity index (χ2v) is 7.44. The van der Waals surface area contributed by atoms with Crippen molar-refractivity contribution in [2.45, 2.75) is 43.3 Å². The van der Waals surface area contributed by atoms with Gasteiger partial charge in [-0.2, -0.15) is 11.8 Å². The molecule has 0 bridgehead atoms. The predicted molar refractivity (Wildman–Crippen MR) is 87.0 cm³/mol. The van der Waals surface area contributed by atoms with Gasteiger partial charge in [-0.1, -0.05) is 18.6 Å². The molecule has 3 nitrogen and oxygen atoms in total. The van der Waals surface area contributed by atoms with Gasteiger partial charge in [-0.25, -0.2) is 0 Å². The Labute approximate surface area is 125 Å². The van der Waals surface area contributed by atoms with Crippen molar-refractivity contribution in [2.24, 2.45) is 0 Å². The van der Waals surface area contributed by atoms with E-state index in [0.29, 0.717) is 0 Å². The van der Waals surface area contributed by atoms with E-state index >= 15 is 0 Å². The van der Waals surface area contributed by atoms with Crippen molar-refractivity contribution in [3.05, 3.63) is 29.8 Å². The second kappa shape index (κ2) is 5.68. The molecule has 0 radical (unpaired) electrons. The number of amides is 1. The van der Waals surface area contributed by atoms with E-state index in [1.807, 2.05) is 49.9 Å². The van der Waals surface area contributed by atoms with Crippen molar-refractivity contribution >= 4 is 23.4 Å². The maximum absolute atomic E-state index is 12.5. The number of nitrogens with one attached hydrogen (secondary N) is 1. The van der Waals surface area contributed by atoms with Crippen LogP contribution in [0.1, 0.15) is 38.7 Å². The van der Waals surface area contributed by atoms with Gasteiger partial charge in [0.25, 0.3) is 0 Å². The molecule has 3 N–H and O–H groups in total. The highest BCUT2D eigenvalue weighted by atomic mass is 32.2. The first kappa shape index (κ1) is 15.2. The molecule has 0 aliphatic heterocycles. The number of carbonyl (C=O) groups is 1. The van der Waals surface area contributed by atoms with E-state index in [0.717, 1.165) is 17.8 Å². The minimum atomic E-state index is -0.531. The first-order chi connectivity index (χ1) is 9.39. The zero-order valence-corrected chi connectivity index (χ0v) is 13.3. The van der Waals surface area contributed by atoms with Crippen molar-refractivity contribution in [2.75, 3.05) is 18.5 Å². The van der Waals surface area contributed by atoms with Crippen LogP contribution in [-0.2, 0) is 10.2 Å². The van der Waals surface area contributed by atoms with Crippen molar-refractivity contribution in [3.8, 4) is 0 Å². The molecule has 0 saturated heterocycles. The van der Waals surface area contributed by atoms with Crippen molar-refractivity contribution in [1.82, 2.24) is 5.32 Å². The van der Waals surface area contributed by atoms with Crippen LogP contribution < -0.4 is 11.1 Å². The third-order valence-electron chi connectivity index (χ3n) is 4.47. The molecule has 110 valence electrons. The summed E-state index contributed by atoms with van der Waals surface area (Å²) in [5, 5.41) is 3.14. The molecule has 1 aromatic rings. The normalized spacial score (nSPS) is 17.4. The third-order valence-corrected chi connectivity index (χ3v) is 5.89. The molecule has 1 saturated carbocycles. The quantitative estimate of drug-likeness (QED) is 0.820. The van der Waals surface area contributed by atoms with Crippen LogP contribution in [0.5, 0.6) is 0 Å². The topological polar surface area (TPSA) is 55.1 Å². The van der Waals surface area contributed by atoms with Crippen LogP contribution in [0, 0.1) is 0 Å². The number of benzene rings is 1. The lowest BCUT2D eigenvalue weighted by molar-refractivity contribution is -0.125. The van der Waals surface area contributed by atoms with Crippen LogP contribution >= 0.6 is 11.8 Å². The maximum atomic E-state index is 12.5. The first-order valence-electron chi connectivity index (χ1n) is 7.09. The Hall–Kier alpha value is -1.16. The Bertz CT molecular complexity index is 472.